The van der Waals surface area contributed by atoms with Gasteiger partial charge in [0.15, 0.2) is 0 Å². The number of hydrogen-bond acceptors (Lipinski definition) is 5. The van der Waals surface area contributed by atoms with E-state index in [1.54, 1.807) is 13.2 Å². The van der Waals surface area contributed by atoms with Crippen molar-refractivity contribution in [1.82, 2.24) is 9.88 Å². The van der Waals surface area contributed by atoms with Gasteiger partial charge in [-0.15, -0.1) is 0 Å². The molecule has 0 aliphatic heterocycles. The average Bonchev–Trinajstić information content (AvgIpc) is 2.79. The molecule has 7 heteroatoms. The molecule has 1 aliphatic rings. The Morgan fingerprint density at radius 3 is 2.78 bits per heavy atom. The lowest BCUT2D eigenvalue weighted by molar-refractivity contribution is -0.134. The molecule has 2 N–H and O–H groups in total. The quantitative estimate of drug-likeness (QED) is 0.489. The smallest absolute Gasteiger partial charge is 0.248 e. The second-order valence-corrected chi connectivity index (χ2v) is 8.79. The number of methoxy groups -OCH3 is 1. The number of carbonyl (C=O) groups is 1. The van der Waals surface area contributed by atoms with E-state index in [2.05, 4.69) is 4.98 Å². The summed E-state index contributed by atoms with van der Waals surface area (Å²) in [6, 6.07) is 8.86. The molecule has 1 aliphatic carbocycles. The molecule has 1 saturated carbocycles. The Balaban J connectivity index is 1.44. The van der Waals surface area contributed by atoms with Crippen molar-refractivity contribution < 1.29 is 19.4 Å². The molecular formula is C25H36N2O5. The fourth-order valence-electron chi connectivity index (χ4n) is 4.41. The maximum absolute atomic E-state index is 12.9. The molecule has 0 radical (unpaired) electrons. The van der Waals surface area contributed by atoms with Gasteiger partial charge in [0.25, 0.3) is 0 Å². The maximum atomic E-state index is 12.9. The minimum atomic E-state index is -0.654. The number of aliphatic hydroxyl groups is 1. The van der Waals surface area contributed by atoms with E-state index in [-0.39, 0.29) is 18.1 Å². The number of fused-ring (bicyclic) bond motifs is 1. The van der Waals surface area contributed by atoms with Gasteiger partial charge in [0.05, 0.1) is 19.3 Å². The Hall–Kier alpha value is -2.38. The summed E-state index contributed by atoms with van der Waals surface area (Å²) in [4.78, 5) is 28.9. The largest absolute Gasteiger partial charge is 0.494 e. The van der Waals surface area contributed by atoms with Crippen molar-refractivity contribution >= 4 is 16.8 Å². The number of aromatic amines is 1. The molecule has 2 aromatic rings. The van der Waals surface area contributed by atoms with E-state index < -0.39 is 6.10 Å². The summed E-state index contributed by atoms with van der Waals surface area (Å²) >= 11 is 0. The third-order valence-electron chi connectivity index (χ3n) is 6.10. The van der Waals surface area contributed by atoms with Crippen LogP contribution in [0.5, 0.6) is 5.75 Å². The van der Waals surface area contributed by atoms with E-state index in [0.29, 0.717) is 25.5 Å². The molecule has 1 heterocycles. The van der Waals surface area contributed by atoms with Crippen LogP contribution in [0.4, 0.5) is 0 Å². The Kier molecular flexibility index (Phi) is 9.56. The molecule has 1 atom stereocenters. The van der Waals surface area contributed by atoms with Gasteiger partial charge in [0.1, 0.15) is 5.75 Å². The summed E-state index contributed by atoms with van der Waals surface area (Å²) in [5.74, 6) is 1.38. The van der Waals surface area contributed by atoms with Gasteiger partial charge in [-0.3, -0.25) is 9.59 Å². The van der Waals surface area contributed by atoms with Crippen LogP contribution in [0, 0.1) is 5.92 Å². The zero-order chi connectivity index (χ0) is 22.8. The second kappa shape index (κ2) is 12.6. The number of nitrogens with zero attached hydrogens (tertiary/aromatic N) is 1. The number of rotatable bonds is 12. The minimum absolute atomic E-state index is 0.0976. The zero-order valence-corrected chi connectivity index (χ0v) is 19.1. The molecule has 32 heavy (non-hydrogen) atoms. The van der Waals surface area contributed by atoms with Crippen molar-refractivity contribution in [1.29, 1.82) is 0 Å². The van der Waals surface area contributed by atoms with Gasteiger partial charge in [0, 0.05) is 43.6 Å². The standard InChI is InChI=1S/C25H36N2O5/c1-31-18-21(28)17-27(16-19-7-3-2-4-8-19)25(30)9-5-6-14-32-22-11-12-23-20(15-22)10-13-24(29)26-23/h10-13,15,19,21,28H,2-9,14,16-18H2,1H3,(H,26,29). The number of nitrogens with one attached hydrogen (secondary N) is 1. The first-order chi connectivity index (χ1) is 15.5. The normalized spacial score (nSPS) is 15.6. The first kappa shape index (κ1) is 24.3. The Morgan fingerprint density at radius 1 is 1.19 bits per heavy atom. The number of H-pyrrole nitrogens is 1. The molecule has 0 bridgehead atoms. The molecule has 176 valence electrons. The van der Waals surface area contributed by atoms with Gasteiger partial charge in [-0.25, -0.2) is 0 Å². The van der Waals surface area contributed by atoms with Crippen LogP contribution in [-0.2, 0) is 9.53 Å². The third kappa shape index (κ3) is 7.64. The molecular weight excluding hydrogens is 408 g/mol. The van der Waals surface area contributed by atoms with Crippen LogP contribution >= 0.6 is 0 Å². The van der Waals surface area contributed by atoms with E-state index >= 15 is 0 Å². The predicted molar refractivity (Wildman–Crippen MR) is 125 cm³/mol. The Labute approximate surface area is 189 Å². The number of hydrogen-bond donors (Lipinski definition) is 2. The van der Waals surface area contributed by atoms with Crippen molar-refractivity contribution in [3.05, 3.63) is 40.7 Å². The number of aliphatic hydroxyl groups excluding tert-OH is 1. The molecule has 1 aromatic carbocycles. The van der Waals surface area contributed by atoms with Crippen LogP contribution in [0.25, 0.3) is 10.9 Å². The molecule has 3 rings (SSSR count). The van der Waals surface area contributed by atoms with E-state index in [0.717, 1.165) is 48.9 Å². The summed E-state index contributed by atoms with van der Waals surface area (Å²) < 4.78 is 10.9. The van der Waals surface area contributed by atoms with Crippen LogP contribution in [-0.4, -0.2) is 60.4 Å². The fraction of sp³-hybridized carbons (Fsp3) is 0.600. The number of benzene rings is 1. The van der Waals surface area contributed by atoms with Crippen LogP contribution in [0.2, 0.25) is 0 Å². The van der Waals surface area contributed by atoms with Gasteiger partial charge >= 0.3 is 0 Å². The number of carbonyl (C=O) groups excluding carboxylic acids is 1. The minimum Gasteiger partial charge on any atom is -0.494 e. The van der Waals surface area contributed by atoms with Crippen molar-refractivity contribution in [2.24, 2.45) is 5.92 Å². The zero-order valence-electron chi connectivity index (χ0n) is 19.1. The number of aromatic nitrogens is 1. The molecule has 1 unspecified atom stereocenters. The number of unbranched alkanes of at least 4 members (excludes halogenated alkanes) is 1. The summed E-state index contributed by atoms with van der Waals surface area (Å²) in [6.45, 7) is 1.83. The topological polar surface area (TPSA) is 91.9 Å². The lowest BCUT2D eigenvalue weighted by Crippen LogP contribution is -2.42. The number of amides is 1. The van der Waals surface area contributed by atoms with Crippen molar-refractivity contribution in [2.75, 3.05) is 33.4 Å². The number of ether oxygens (including phenoxy) is 2. The van der Waals surface area contributed by atoms with Crippen LogP contribution in [0.15, 0.2) is 35.1 Å². The third-order valence-corrected chi connectivity index (χ3v) is 6.10. The van der Waals surface area contributed by atoms with Gasteiger partial charge < -0.3 is 24.5 Å². The summed E-state index contributed by atoms with van der Waals surface area (Å²) in [5.41, 5.74) is 0.660. The van der Waals surface area contributed by atoms with Gasteiger partial charge in [0.2, 0.25) is 11.5 Å². The van der Waals surface area contributed by atoms with Gasteiger partial charge in [-0.05, 0) is 55.9 Å². The lowest BCUT2D eigenvalue weighted by Gasteiger charge is -2.31. The average molecular weight is 445 g/mol. The highest BCUT2D eigenvalue weighted by Gasteiger charge is 2.22. The SMILES string of the molecule is COCC(O)CN(CC1CCCCC1)C(=O)CCCCOc1ccc2[nH]c(=O)ccc2c1. The lowest BCUT2D eigenvalue weighted by atomic mass is 9.89. The highest BCUT2D eigenvalue weighted by atomic mass is 16.5. The highest BCUT2D eigenvalue weighted by Crippen LogP contribution is 2.25. The molecule has 1 aromatic heterocycles. The number of pyridine rings is 1. The molecule has 1 fully saturated rings. The maximum Gasteiger partial charge on any atom is 0.248 e. The first-order valence-corrected chi connectivity index (χ1v) is 11.8. The summed E-state index contributed by atoms with van der Waals surface area (Å²) in [5, 5.41) is 11.1. The van der Waals surface area contributed by atoms with E-state index in [1.165, 1.54) is 25.3 Å². The monoisotopic (exact) mass is 444 g/mol. The van der Waals surface area contributed by atoms with Crippen molar-refractivity contribution in [3.8, 4) is 5.75 Å². The predicted octanol–water partition coefficient (Wildman–Crippen LogP) is 3.49. The molecule has 1 amide bonds. The van der Waals surface area contributed by atoms with Gasteiger partial charge in [-0.2, -0.15) is 0 Å². The van der Waals surface area contributed by atoms with Crippen molar-refractivity contribution in [2.45, 2.75) is 57.5 Å². The van der Waals surface area contributed by atoms with Crippen molar-refractivity contribution in [3.63, 3.8) is 0 Å². The molecule has 7 nitrogen and oxygen atoms in total. The van der Waals surface area contributed by atoms with Gasteiger partial charge in [-0.1, -0.05) is 19.3 Å². The highest BCUT2D eigenvalue weighted by molar-refractivity contribution is 5.79. The molecule has 0 saturated heterocycles. The Bertz CT molecular complexity index is 907. The summed E-state index contributed by atoms with van der Waals surface area (Å²) in [6.07, 6.45) is 7.38. The first-order valence-electron chi connectivity index (χ1n) is 11.8. The Morgan fingerprint density at radius 2 is 2.00 bits per heavy atom. The molecule has 0 spiro atoms. The van der Waals surface area contributed by atoms with E-state index in [1.807, 2.05) is 23.1 Å². The fourth-order valence-corrected chi connectivity index (χ4v) is 4.41. The van der Waals surface area contributed by atoms with Crippen LogP contribution in [0.1, 0.15) is 51.4 Å². The summed E-state index contributed by atoms with van der Waals surface area (Å²) in [7, 11) is 1.56. The van der Waals surface area contributed by atoms with E-state index in [4.69, 9.17) is 9.47 Å². The van der Waals surface area contributed by atoms with E-state index in [9.17, 15) is 14.7 Å². The van der Waals surface area contributed by atoms with Crippen LogP contribution < -0.4 is 10.3 Å². The van der Waals surface area contributed by atoms with Crippen LogP contribution in [0.3, 0.4) is 0 Å². The second-order valence-electron chi connectivity index (χ2n) is 8.79.